The highest BCUT2D eigenvalue weighted by Crippen LogP contribution is 2.70. The van der Waals surface area contributed by atoms with Crippen LogP contribution in [0.25, 0.3) is 0 Å². The third kappa shape index (κ3) is 13.0. The third-order valence-corrected chi connectivity index (χ3v) is 19.1. The van der Waals surface area contributed by atoms with Crippen LogP contribution < -0.4 is 9.84 Å². The number of likely N-dealkylation sites (N-methyl/N-ethyl adjacent to an activating group) is 1. The number of phosphoric acid groups is 1. The fraction of sp³-hybridized carbons (Fsp3) is 0.678. The van der Waals surface area contributed by atoms with Gasteiger partial charge in [-0.05, 0) is 138 Å². The molecule has 0 bridgehead atoms. The summed E-state index contributed by atoms with van der Waals surface area (Å²) in [6.07, 6.45) is 17.2. The lowest BCUT2D eigenvalue weighted by molar-refractivity contribution is -0.931. The number of phosphoric ester groups is 1. The molecule has 0 amide bonds. The number of hydrogen-bond donors (Lipinski definition) is 5. The summed E-state index contributed by atoms with van der Waals surface area (Å²) < 4.78 is 43.3. The van der Waals surface area contributed by atoms with Gasteiger partial charge in [0.25, 0.3) is 0 Å². The first-order chi connectivity index (χ1) is 35.9. The molecule has 1 heterocycles. The number of aliphatic hydroxyl groups is 2. The molecule has 2 aromatic rings. The van der Waals surface area contributed by atoms with Crippen molar-refractivity contribution in [3.05, 3.63) is 89.0 Å². The molecule has 5 unspecified atom stereocenters. The first-order valence-electron chi connectivity index (χ1n) is 28.3. The Labute approximate surface area is 445 Å². The van der Waals surface area contributed by atoms with E-state index >= 15 is 4.79 Å². The molecule has 1 saturated heterocycles. The molecule has 2 aromatic carbocycles. The fourth-order valence-corrected chi connectivity index (χ4v) is 14.9. The van der Waals surface area contributed by atoms with Crippen molar-refractivity contribution >= 4 is 25.4 Å². The molecule has 75 heavy (non-hydrogen) atoms. The molecular formula is C59H86N2O13P+. The number of fused-ring (bicyclic) bond motifs is 7. The van der Waals surface area contributed by atoms with E-state index in [0.29, 0.717) is 43.6 Å². The molecule has 10 atom stereocenters. The van der Waals surface area contributed by atoms with Crippen LogP contribution in [0.15, 0.2) is 72.3 Å². The van der Waals surface area contributed by atoms with Crippen LogP contribution in [-0.4, -0.2) is 119 Å². The van der Waals surface area contributed by atoms with Gasteiger partial charge in [-0.2, -0.15) is 0 Å². The van der Waals surface area contributed by atoms with E-state index in [1.54, 1.807) is 24.3 Å². The first kappa shape index (κ1) is 57.6. The Morgan fingerprint density at radius 1 is 0.947 bits per heavy atom. The van der Waals surface area contributed by atoms with Gasteiger partial charge in [-0.15, -0.1) is 0 Å². The zero-order valence-corrected chi connectivity index (χ0v) is 45.9. The number of nitrogens with one attached hydrogen (secondary N) is 1. The maximum atomic E-state index is 15.2. The summed E-state index contributed by atoms with van der Waals surface area (Å²) in [7, 11) is -4.99. The predicted octanol–water partition coefficient (Wildman–Crippen LogP) is 8.80. The van der Waals surface area contributed by atoms with Crippen molar-refractivity contribution < 1.29 is 66.9 Å². The molecule has 15 nitrogen and oxygen atoms in total. The van der Waals surface area contributed by atoms with Crippen molar-refractivity contribution in [1.82, 2.24) is 5.32 Å². The molecule has 5 fully saturated rings. The Morgan fingerprint density at radius 2 is 1.68 bits per heavy atom. The lowest BCUT2D eigenvalue weighted by atomic mass is 9.46. The number of esters is 1. The maximum absolute atomic E-state index is 15.2. The largest absolute Gasteiger partial charge is 0.524 e. The van der Waals surface area contributed by atoms with Crippen molar-refractivity contribution in [2.24, 2.45) is 34.5 Å². The Hall–Kier alpha value is -3.60. The minimum absolute atomic E-state index is 0.0294. The van der Waals surface area contributed by atoms with Crippen molar-refractivity contribution in [2.45, 2.75) is 167 Å². The van der Waals surface area contributed by atoms with E-state index in [4.69, 9.17) is 23.5 Å². The number of ketones is 2. The van der Waals surface area contributed by atoms with Crippen molar-refractivity contribution in [3.63, 3.8) is 0 Å². The van der Waals surface area contributed by atoms with E-state index in [1.807, 2.05) is 26.0 Å². The summed E-state index contributed by atoms with van der Waals surface area (Å²) in [5, 5.41) is 26.9. The fourth-order valence-electron chi connectivity index (χ4n) is 14.5. The summed E-state index contributed by atoms with van der Waals surface area (Å²) >= 11 is 0. The predicted molar refractivity (Wildman–Crippen MR) is 284 cm³/mol. The number of carbonyl (C=O) groups is 3. The summed E-state index contributed by atoms with van der Waals surface area (Å²) in [5.41, 5.74) is 0.570. The number of ether oxygens (including phenoxy) is 4. The number of carbonyl (C=O) groups excluding carboxylic acids is 3. The number of aliphatic hydroxyl groups excluding tert-OH is 2. The third-order valence-electron chi connectivity index (χ3n) is 18.6. The van der Waals surface area contributed by atoms with Crippen LogP contribution >= 0.6 is 7.82 Å². The van der Waals surface area contributed by atoms with Gasteiger partial charge < -0.3 is 43.5 Å². The number of Topliss-reactive ketones (excluding diaryl/α,β-unsaturated/α-hetero) is 1. The summed E-state index contributed by atoms with van der Waals surface area (Å²) in [6, 6.07) is 15.2. The molecule has 0 radical (unpaired) electrons. The molecule has 1 aliphatic heterocycles. The van der Waals surface area contributed by atoms with E-state index in [9.17, 15) is 34.2 Å². The number of benzene rings is 2. The molecule has 6 aliphatic rings. The molecule has 5 N–H and O–H groups in total. The second-order valence-electron chi connectivity index (χ2n) is 23.2. The number of allylic oxidation sites excluding steroid dienone is 4. The van der Waals surface area contributed by atoms with Crippen LogP contribution in [0.1, 0.15) is 147 Å². The van der Waals surface area contributed by atoms with Gasteiger partial charge in [0.1, 0.15) is 12.3 Å². The topological polar surface area (TPSA) is 207 Å². The van der Waals surface area contributed by atoms with Crippen LogP contribution in [0, 0.1) is 34.5 Å². The second-order valence-corrected chi connectivity index (χ2v) is 24.4. The Kier molecular flexibility index (Phi) is 19.2. The monoisotopic (exact) mass is 1060 g/mol. The number of aryl methyl sites for hydroxylation is 1. The Balaban J connectivity index is 0.879. The molecule has 0 aromatic heterocycles. The van der Waals surface area contributed by atoms with E-state index in [-0.39, 0.29) is 65.1 Å². The minimum atomic E-state index is -4.99. The van der Waals surface area contributed by atoms with Crippen LogP contribution in [0.5, 0.6) is 5.75 Å². The van der Waals surface area contributed by atoms with E-state index in [2.05, 4.69) is 43.4 Å². The van der Waals surface area contributed by atoms with E-state index in [1.165, 1.54) is 11.6 Å². The van der Waals surface area contributed by atoms with Gasteiger partial charge in [-0.25, -0.2) is 9.36 Å². The standard InChI is InChI=1S/C59H85N2O13P/c1-5-61(6-2,38-44-33-43(24-27-51(44)74-75(67,68)69)50(64)37-60-30-16-7-8-17-31-70-32-18-15-21-41-19-11-9-12-20-41)39-54(66)71-40-52(65)59-53(72-56(73-59)42-22-13-10-14-23-42)35-48-47-26-25-45-34-46(62)28-29-57(45,3)55(47)49(63)36-58(48,59)4/h9,11-12,19-20,24,27-29,33-34,42,47-50,53,55-56,60,63-64H,5-8,10,13-18,21-23,25-26,30-32,35-40H2,1-4H3,(H-,67,68,69)/p+1/t47?,48?,49?,50?,53-,55?,56-,57+,58+,59-/m1/s1. The molecular weight excluding hydrogens is 976 g/mol. The highest BCUT2D eigenvalue weighted by atomic mass is 31.2. The summed E-state index contributed by atoms with van der Waals surface area (Å²) in [4.78, 5) is 61.6. The lowest BCUT2D eigenvalue weighted by Crippen LogP contribution is -2.64. The molecule has 5 aliphatic carbocycles. The first-order valence-corrected chi connectivity index (χ1v) is 29.8. The number of quaternary nitrogens is 1. The zero-order chi connectivity index (χ0) is 53.4. The average Bonchev–Trinajstić information content (AvgIpc) is 3.90. The van der Waals surface area contributed by atoms with E-state index < -0.39 is 61.4 Å². The highest BCUT2D eigenvalue weighted by Gasteiger charge is 2.76. The van der Waals surface area contributed by atoms with Crippen LogP contribution in [0.2, 0.25) is 0 Å². The minimum Gasteiger partial charge on any atom is -0.453 e. The second kappa shape index (κ2) is 25.0. The lowest BCUT2D eigenvalue weighted by Gasteiger charge is -2.59. The molecule has 414 valence electrons. The van der Waals surface area contributed by atoms with Gasteiger partial charge in [-0.1, -0.05) is 94.0 Å². The van der Waals surface area contributed by atoms with Gasteiger partial charge in [0.15, 0.2) is 30.8 Å². The Morgan fingerprint density at radius 3 is 2.41 bits per heavy atom. The SMILES string of the molecule is CC[N+](CC)(CC(=O)OCC(=O)[C@@]12O[C@H](C3CCCCC3)O[C@@H]1CC1C3CCC4=CC(=O)C=C[C@]4(C)C3C(O)C[C@@]12C)Cc1cc(C(O)CNCCCCCCOCCCCc2ccccc2)ccc1OP(=O)(O)O. The normalized spacial score (nSPS) is 30.0. The zero-order valence-electron chi connectivity index (χ0n) is 45.0. The number of hydrogen-bond acceptors (Lipinski definition) is 12. The molecule has 0 spiro atoms. The number of nitrogens with zero attached hydrogens (tertiary/aromatic N) is 1. The van der Waals surface area contributed by atoms with Crippen LogP contribution in [-0.2, 0) is 50.9 Å². The van der Waals surface area contributed by atoms with Crippen molar-refractivity contribution in [1.29, 1.82) is 0 Å². The van der Waals surface area contributed by atoms with Gasteiger partial charge in [-0.3, -0.25) is 19.4 Å². The van der Waals surface area contributed by atoms with Gasteiger partial charge in [0.05, 0.1) is 31.4 Å². The maximum Gasteiger partial charge on any atom is 0.524 e. The summed E-state index contributed by atoms with van der Waals surface area (Å²) in [5.74, 6) is -1.09. The van der Waals surface area contributed by atoms with Crippen LogP contribution in [0.4, 0.5) is 0 Å². The smallest absolute Gasteiger partial charge is 0.453 e. The molecule has 8 rings (SSSR count). The van der Waals surface area contributed by atoms with Crippen molar-refractivity contribution in [2.75, 3.05) is 52.5 Å². The van der Waals surface area contributed by atoms with Gasteiger partial charge in [0.2, 0.25) is 5.78 Å². The van der Waals surface area contributed by atoms with Gasteiger partial charge in [0, 0.05) is 48.0 Å². The molecule has 16 heteroatoms. The average molecular weight is 1060 g/mol. The van der Waals surface area contributed by atoms with Gasteiger partial charge >= 0.3 is 13.8 Å². The molecule has 4 saturated carbocycles. The summed E-state index contributed by atoms with van der Waals surface area (Å²) in [6.45, 7) is 10.8. The quantitative estimate of drug-likeness (QED) is 0.0245. The van der Waals surface area contributed by atoms with Crippen LogP contribution in [0.3, 0.4) is 0 Å². The number of unbranched alkanes of at least 4 members (excludes halogenated alkanes) is 4. The Bertz CT molecular complexity index is 2380. The van der Waals surface area contributed by atoms with Crippen molar-refractivity contribution in [3.8, 4) is 5.75 Å². The van der Waals surface area contributed by atoms with E-state index in [0.717, 1.165) is 109 Å². The highest BCUT2D eigenvalue weighted by molar-refractivity contribution is 7.46. The number of rotatable bonds is 27.